The number of hydrogen-bond donors (Lipinski definition) is 0. The molecule has 14 heavy (non-hydrogen) atoms. The molecule has 0 aliphatic carbocycles. The number of Topliss-reactive ketones (excluding diaryl/α,β-unsaturated/α-hetero) is 1. The molecule has 0 radical (unpaired) electrons. The van der Waals surface area contributed by atoms with Gasteiger partial charge in [0.15, 0.2) is 5.78 Å². The zero-order chi connectivity index (χ0) is 10.9. The highest BCUT2D eigenvalue weighted by molar-refractivity contribution is 14.1. The number of hydrogen-bond acceptors (Lipinski definition) is 1. The summed E-state index contributed by atoms with van der Waals surface area (Å²) in [7, 11) is 0. The minimum atomic E-state index is -2.56. The van der Waals surface area contributed by atoms with Crippen LogP contribution in [0, 0.1) is 3.57 Å². The first-order chi connectivity index (χ1) is 6.43. The lowest BCUT2D eigenvalue weighted by Crippen LogP contribution is -1.98. The highest BCUT2D eigenvalue weighted by atomic mass is 127. The molecule has 1 aromatic carbocycles. The van der Waals surface area contributed by atoms with Crippen LogP contribution < -0.4 is 0 Å². The minimum Gasteiger partial charge on any atom is -0.295 e. The molecule has 0 saturated carbocycles. The van der Waals surface area contributed by atoms with Gasteiger partial charge in [0.1, 0.15) is 0 Å². The minimum absolute atomic E-state index is 0.106. The maximum Gasteiger partial charge on any atom is 0.264 e. The van der Waals surface area contributed by atoms with Gasteiger partial charge in [-0.3, -0.25) is 4.79 Å². The van der Waals surface area contributed by atoms with Crippen molar-refractivity contribution in [2.24, 2.45) is 0 Å². The molecule has 1 rings (SSSR count). The Bertz CT molecular complexity index is 379. The van der Waals surface area contributed by atoms with Gasteiger partial charge < -0.3 is 0 Å². The van der Waals surface area contributed by atoms with Crippen LogP contribution >= 0.6 is 38.5 Å². The Labute approximate surface area is 102 Å². The number of rotatable bonds is 2. The monoisotopic (exact) mass is 374 g/mol. The summed E-state index contributed by atoms with van der Waals surface area (Å²) < 4.78 is 26.0. The first kappa shape index (κ1) is 12.0. The number of alkyl halides is 2. The SMILES string of the molecule is CC(=O)c1cc(Br)c(I)c(C(F)F)c1. The molecule has 1 nitrogen and oxygen atoms in total. The maximum absolute atomic E-state index is 12.5. The molecule has 0 aliphatic rings. The second kappa shape index (κ2) is 4.65. The fraction of sp³-hybridized carbons (Fsp3) is 0.222. The van der Waals surface area contributed by atoms with Crippen LogP contribution in [0.25, 0.3) is 0 Å². The van der Waals surface area contributed by atoms with Crippen molar-refractivity contribution in [3.63, 3.8) is 0 Å². The van der Waals surface area contributed by atoms with E-state index in [4.69, 9.17) is 0 Å². The molecule has 0 heterocycles. The second-order valence-corrected chi connectivity index (χ2v) is 4.65. The van der Waals surface area contributed by atoms with E-state index in [1.807, 2.05) is 22.6 Å². The van der Waals surface area contributed by atoms with Crippen molar-refractivity contribution in [1.29, 1.82) is 0 Å². The number of benzene rings is 1. The topological polar surface area (TPSA) is 17.1 Å². The number of ketones is 1. The van der Waals surface area contributed by atoms with Gasteiger partial charge in [-0.15, -0.1) is 0 Å². The Morgan fingerprint density at radius 3 is 2.50 bits per heavy atom. The average molecular weight is 375 g/mol. The van der Waals surface area contributed by atoms with Crippen molar-refractivity contribution in [2.75, 3.05) is 0 Å². The van der Waals surface area contributed by atoms with Crippen LogP contribution in [0.2, 0.25) is 0 Å². The molecule has 0 spiro atoms. The highest BCUT2D eigenvalue weighted by Crippen LogP contribution is 2.31. The van der Waals surface area contributed by atoms with Crippen LogP contribution in [0.4, 0.5) is 8.78 Å². The van der Waals surface area contributed by atoms with Gasteiger partial charge in [0.05, 0.1) is 0 Å². The first-order valence-electron chi connectivity index (χ1n) is 3.71. The molecule has 0 saturated heterocycles. The summed E-state index contributed by atoms with van der Waals surface area (Å²) in [5.74, 6) is -0.219. The summed E-state index contributed by atoms with van der Waals surface area (Å²) >= 11 is 4.96. The summed E-state index contributed by atoms with van der Waals surface area (Å²) in [4.78, 5) is 11.0. The van der Waals surface area contributed by atoms with Crippen LogP contribution in [0.5, 0.6) is 0 Å². The Hall–Kier alpha value is -0.0400. The molecule has 5 heteroatoms. The maximum atomic E-state index is 12.5. The Morgan fingerprint density at radius 1 is 1.50 bits per heavy atom. The summed E-state index contributed by atoms with van der Waals surface area (Å²) in [6.45, 7) is 1.35. The summed E-state index contributed by atoms with van der Waals surface area (Å²) in [6.07, 6.45) is -2.56. The Kier molecular flexibility index (Phi) is 4.00. The molecule has 0 fully saturated rings. The van der Waals surface area contributed by atoms with Gasteiger partial charge in [-0.1, -0.05) is 0 Å². The van der Waals surface area contributed by atoms with E-state index in [-0.39, 0.29) is 11.3 Å². The predicted octanol–water partition coefficient (Wildman–Crippen LogP) is 4.19. The lowest BCUT2D eigenvalue weighted by molar-refractivity contribution is 0.101. The Morgan fingerprint density at radius 2 is 2.07 bits per heavy atom. The molecule has 0 N–H and O–H groups in total. The van der Waals surface area contributed by atoms with Gasteiger partial charge in [0.25, 0.3) is 6.43 Å². The van der Waals surface area contributed by atoms with Crippen molar-refractivity contribution in [3.8, 4) is 0 Å². The van der Waals surface area contributed by atoms with Gasteiger partial charge in [0, 0.05) is 19.2 Å². The van der Waals surface area contributed by atoms with Crippen LogP contribution in [0.3, 0.4) is 0 Å². The quantitative estimate of drug-likeness (QED) is 0.560. The molecule has 0 aliphatic heterocycles. The van der Waals surface area contributed by atoms with E-state index in [2.05, 4.69) is 15.9 Å². The third-order valence-electron chi connectivity index (χ3n) is 1.70. The normalized spacial score (nSPS) is 10.7. The van der Waals surface area contributed by atoms with E-state index < -0.39 is 6.43 Å². The van der Waals surface area contributed by atoms with E-state index >= 15 is 0 Å². The zero-order valence-electron chi connectivity index (χ0n) is 7.15. The van der Waals surface area contributed by atoms with Crippen LogP contribution in [0.15, 0.2) is 16.6 Å². The molecule has 0 bridgehead atoms. The molecule has 0 atom stereocenters. The van der Waals surface area contributed by atoms with E-state index in [9.17, 15) is 13.6 Å². The van der Waals surface area contributed by atoms with Crippen LogP contribution in [0.1, 0.15) is 29.3 Å². The van der Waals surface area contributed by atoms with E-state index in [1.165, 1.54) is 13.0 Å². The molecular formula is C9H6BrF2IO. The van der Waals surface area contributed by atoms with Crippen molar-refractivity contribution < 1.29 is 13.6 Å². The summed E-state index contributed by atoms with van der Waals surface area (Å²) in [5.41, 5.74) is 0.192. The van der Waals surface area contributed by atoms with Crippen LogP contribution in [-0.4, -0.2) is 5.78 Å². The van der Waals surface area contributed by atoms with Crippen molar-refractivity contribution in [3.05, 3.63) is 31.3 Å². The van der Waals surface area contributed by atoms with Crippen LogP contribution in [-0.2, 0) is 0 Å². The average Bonchev–Trinajstić information content (AvgIpc) is 2.08. The van der Waals surface area contributed by atoms with Gasteiger partial charge in [0.2, 0.25) is 0 Å². The van der Waals surface area contributed by atoms with E-state index in [0.717, 1.165) is 0 Å². The fourth-order valence-corrected chi connectivity index (χ4v) is 1.99. The molecule has 0 aromatic heterocycles. The standard InChI is InChI=1S/C9H6BrF2IO/c1-4(14)5-2-6(9(11)12)8(13)7(10)3-5/h2-3,9H,1H3. The van der Waals surface area contributed by atoms with Crippen molar-refractivity contribution >= 4 is 44.3 Å². The zero-order valence-corrected chi connectivity index (χ0v) is 10.9. The van der Waals surface area contributed by atoms with Gasteiger partial charge in [-0.2, -0.15) is 0 Å². The molecular weight excluding hydrogens is 369 g/mol. The van der Waals surface area contributed by atoms with Crippen molar-refractivity contribution in [2.45, 2.75) is 13.3 Å². The van der Waals surface area contributed by atoms with Gasteiger partial charge >= 0.3 is 0 Å². The molecule has 1 aromatic rings. The fourth-order valence-electron chi connectivity index (χ4n) is 0.972. The lowest BCUT2D eigenvalue weighted by atomic mass is 10.1. The number of halogens is 4. The smallest absolute Gasteiger partial charge is 0.264 e. The molecule has 0 amide bonds. The molecule has 76 valence electrons. The predicted molar refractivity (Wildman–Crippen MR) is 61.8 cm³/mol. The number of carbonyl (C=O) groups excluding carboxylic acids is 1. The highest BCUT2D eigenvalue weighted by Gasteiger charge is 2.16. The van der Waals surface area contributed by atoms with E-state index in [0.29, 0.717) is 13.6 Å². The molecule has 0 unspecified atom stereocenters. The van der Waals surface area contributed by atoms with Gasteiger partial charge in [-0.25, -0.2) is 8.78 Å². The second-order valence-electron chi connectivity index (χ2n) is 2.72. The Balaban J connectivity index is 3.35. The third kappa shape index (κ3) is 2.50. The van der Waals surface area contributed by atoms with Gasteiger partial charge in [-0.05, 0) is 57.6 Å². The largest absolute Gasteiger partial charge is 0.295 e. The first-order valence-corrected chi connectivity index (χ1v) is 5.58. The number of carbonyl (C=O) groups is 1. The lowest BCUT2D eigenvalue weighted by Gasteiger charge is -2.07. The summed E-state index contributed by atoms with van der Waals surface area (Å²) in [6, 6.07) is 2.79. The van der Waals surface area contributed by atoms with E-state index in [1.54, 1.807) is 6.07 Å². The van der Waals surface area contributed by atoms with Crippen molar-refractivity contribution in [1.82, 2.24) is 0 Å². The third-order valence-corrected chi connectivity index (χ3v) is 4.27. The summed E-state index contributed by atoms with van der Waals surface area (Å²) in [5, 5.41) is 0.